The van der Waals surface area contributed by atoms with E-state index >= 15 is 0 Å². The zero-order chi connectivity index (χ0) is 13.2. The van der Waals surface area contributed by atoms with Crippen LogP contribution in [-0.4, -0.2) is 37.3 Å². The van der Waals surface area contributed by atoms with Crippen LogP contribution in [0.25, 0.3) is 0 Å². The average molecular weight is 372 g/mol. The maximum absolute atomic E-state index is 12.7. The molecule has 2 nitrogen and oxygen atoms in total. The highest BCUT2D eigenvalue weighted by atomic mass is 35.5. The molecule has 1 aliphatic heterocycles. The third-order valence-corrected chi connectivity index (χ3v) is 4.42. The van der Waals surface area contributed by atoms with Gasteiger partial charge in [-0.15, -0.1) is 36.2 Å². The van der Waals surface area contributed by atoms with Gasteiger partial charge in [0.25, 0.3) is 0 Å². The van der Waals surface area contributed by atoms with Crippen LogP contribution in [-0.2, 0) is 0 Å². The van der Waals surface area contributed by atoms with Crippen LogP contribution in [0.15, 0.2) is 11.4 Å². The standard InChI is InChI=1S/C11H14ClF3N2S.2ClH/c12-8-1-6-18-10(8)9(7-11(13,14)15)17-4-2-16-3-5-17;;/h1,6,9,16H,2-5,7H2;2*1H/t9-;;/m0../s1. The minimum absolute atomic E-state index is 0. The lowest BCUT2D eigenvalue weighted by Gasteiger charge is -2.35. The van der Waals surface area contributed by atoms with Crippen LogP contribution in [0.3, 0.4) is 0 Å². The predicted octanol–water partition coefficient (Wildman–Crippen LogP) is 4.14. The Morgan fingerprint density at radius 3 is 2.35 bits per heavy atom. The van der Waals surface area contributed by atoms with Crippen LogP contribution in [0.4, 0.5) is 13.2 Å². The van der Waals surface area contributed by atoms with Gasteiger partial charge in [-0.1, -0.05) is 11.6 Å². The summed E-state index contributed by atoms with van der Waals surface area (Å²) in [5.41, 5.74) is 0. The van der Waals surface area contributed by atoms with Gasteiger partial charge in [-0.3, -0.25) is 4.90 Å². The minimum Gasteiger partial charge on any atom is -0.314 e. The van der Waals surface area contributed by atoms with E-state index in [1.165, 1.54) is 11.3 Å². The molecule has 1 aromatic heterocycles. The van der Waals surface area contributed by atoms with E-state index in [9.17, 15) is 13.2 Å². The van der Waals surface area contributed by atoms with Gasteiger partial charge in [0.2, 0.25) is 0 Å². The number of hydrogen-bond donors (Lipinski definition) is 1. The third kappa shape index (κ3) is 5.58. The lowest BCUT2D eigenvalue weighted by molar-refractivity contribution is -0.148. The molecule has 1 N–H and O–H groups in total. The van der Waals surface area contributed by atoms with Crippen LogP contribution >= 0.6 is 47.8 Å². The number of halogens is 6. The smallest absolute Gasteiger partial charge is 0.314 e. The Kier molecular flexibility index (Phi) is 8.78. The van der Waals surface area contributed by atoms with Gasteiger partial charge >= 0.3 is 6.18 Å². The van der Waals surface area contributed by atoms with Crippen LogP contribution in [0.5, 0.6) is 0 Å². The van der Waals surface area contributed by atoms with Gasteiger partial charge in [-0.2, -0.15) is 13.2 Å². The van der Waals surface area contributed by atoms with Crippen molar-refractivity contribution < 1.29 is 13.2 Å². The number of hydrogen-bond acceptors (Lipinski definition) is 3. The van der Waals surface area contributed by atoms with Crippen LogP contribution < -0.4 is 5.32 Å². The molecule has 0 aliphatic carbocycles. The number of piperazine rings is 1. The van der Waals surface area contributed by atoms with Crippen LogP contribution in [0, 0.1) is 0 Å². The Morgan fingerprint density at radius 2 is 1.90 bits per heavy atom. The number of nitrogens with zero attached hydrogens (tertiary/aromatic N) is 1. The van der Waals surface area contributed by atoms with Crippen molar-refractivity contribution in [2.75, 3.05) is 26.2 Å². The second kappa shape index (κ2) is 8.66. The molecule has 118 valence electrons. The van der Waals surface area contributed by atoms with Crippen molar-refractivity contribution in [2.45, 2.75) is 18.6 Å². The summed E-state index contributed by atoms with van der Waals surface area (Å²) in [6.07, 6.45) is -5.02. The van der Waals surface area contributed by atoms with Gasteiger partial charge in [0, 0.05) is 31.1 Å². The molecular weight excluding hydrogens is 356 g/mol. The SMILES string of the molecule is Cl.Cl.FC(F)(F)C[C@@H](c1sccc1Cl)N1CCNCC1. The molecule has 0 spiro atoms. The average Bonchev–Trinajstić information content (AvgIpc) is 2.72. The van der Waals surface area contributed by atoms with Crippen molar-refractivity contribution in [1.82, 2.24) is 10.2 Å². The van der Waals surface area contributed by atoms with E-state index < -0.39 is 18.6 Å². The van der Waals surface area contributed by atoms with E-state index in [2.05, 4.69) is 5.32 Å². The minimum atomic E-state index is -4.18. The van der Waals surface area contributed by atoms with Crippen molar-refractivity contribution in [3.05, 3.63) is 21.3 Å². The largest absolute Gasteiger partial charge is 0.390 e. The highest BCUT2D eigenvalue weighted by molar-refractivity contribution is 7.10. The quantitative estimate of drug-likeness (QED) is 0.859. The van der Waals surface area contributed by atoms with Crippen molar-refractivity contribution in [3.8, 4) is 0 Å². The first-order chi connectivity index (χ1) is 8.47. The Balaban J connectivity index is 0.00000180. The zero-order valence-electron chi connectivity index (χ0n) is 10.5. The maximum atomic E-state index is 12.7. The first-order valence-electron chi connectivity index (χ1n) is 5.72. The fraction of sp³-hybridized carbons (Fsp3) is 0.636. The van der Waals surface area contributed by atoms with Crippen LogP contribution in [0.2, 0.25) is 5.02 Å². The third-order valence-electron chi connectivity index (χ3n) is 2.96. The van der Waals surface area contributed by atoms with Crippen molar-refractivity contribution >= 4 is 47.8 Å². The van der Waals surface area contributed by atoms with Gasteiger partial charge in [0.15, 0.2) is 0 Å². The monoisotopic (exact) mass is 370 g/mol. The van der Waals surface area contributed by atoms with Crippen molar-refractivity contribution in [1.29, 1.82) is 0 Å². The van der Waals surface area contributed by atoms with Gasteiger partial charge in [0.1, 0.15) is 0 Å². The molecule has 1 atom stereocenters. The Morgan fingerprint density at radius 1 is 1.30 bits per heavy atom. The fourth-order valence-corrected chi connectivity index (χ4v) is 3.46. The van der Waals surface area contributed by atoms with Gasteiger partial charge in [-0.25, -0.2) is 0 Å². The normalized spacial score (nSPS) is 18.0. The Labute approximate surface area is 137 Å². The molecule has 0 amide bonds. The number of thiophene rings is 1. The van der Waals surface area contributed by atoms with E-state index in [1.807, 2.05) is 4.90 Å². The topological polar surface area (TPSA) is 15.3 Å². The molecule has 1 aromatic rings. The summed E-state index contributed by atoms with van der Waals surface area (Å²) in [5, 5.41) is 5.32. The summed E-state index contributed by atoms with van der Waals surface area (Å²) in [6.45, 7) is 2.68. The van der Waals surface area contributed by atoms with E-state index in [0.717, 1.165) is 13.1 Å². The zero-order valence-corrected chi connectivity index (χ0v) is 13.7. The first-order valence-corrected chi connectivity index (χ1v) is 6.97. The number of alkyl halides is 3. The summed E-state index contributed by atoms with van der Waals surface area (Å²) in [5.74, 6) is 0. The van der Waals surface area contributed by atoms with Crippen LogP contribution in [0.1, 0.15) is 17.3 Å². The maximum Gasteiger partial charge on any atom is 0.390 e. The van der Waals surface area contributed by atoms with Crippen molar-refractivity contribution in [2.24, 2.45) is 0 Å². The molecule has 1 saturated heterocycles. The second-order valence-electron chi connectivity index (χ2n) is 4.25. The Bertz CT molecular complexity index is 395. The van der Waals surface area contributed by atoms with Gasteiger partial charge in [-0.05, 0) is 11.4 Å². The molecule has 0 unspecified atom stereocenters. The van der Waals surface area contributed by atoms with E-state index in [-0.39, 0.29) is 24.8 Å². The van der Waals surface area contributed by atoms with Gasteiger partial charge < -0.3 is 5.32 Å². The molecule has 9 heteroatoms. The summed E-state index contributed by atoms with van der Waals surface area (Å²) < 4.78 is 38.1. The highest BCUT2D eigenvalue weighted by Gasteiger charge is 2.37. The summed E-state index contributed by atoms with van der Waals surface area (Å²) >= 11 is 7.28. The molecule has 1 aliphatic rings. The molecule has 2 heterocycles. The lowest BCUT2D eigenvalue weighted by atomic mass is 10.1. The molecule has 20 heavy (non-hydrogen) atoms. The van der Waals surface area contributed by atoms with E-state index in [4.69, 9.17) is 11.6 Å². The highest BCUT2D eigenvalue weighted by Crippen LogP contribution is 2.39. The van der Waals surface area contributed by atoms with Gasteiger partial charge in [0.05, 0.1) is 17.5 Å². The lowest BCUT2D eigenvalue weighted by Crippen LogP contribution is -2.45. The summed E-state index contributed by atoms with van der Waals surface area (Å²) in [6, 6.07) is 1.01. The van der Waals surface area contributed by atoms with E-state index in [0.29, 0.717) is 23.0 Å². The molecule has 2 rings (SSSR count). The van der Waals surface area contributed by atoms with E-state index in [1.54, 1.807) is 11.4 Å². The number of rotatable bonds is 3. The summed E-state index contributed by atoms with van der Waals surface area (Å²) in [4.78, 5) is 2.48. The second-order valence-corrected chi connectivity index (χ2v) is 5.61. The fourth-order valence-electron chi connectivity index (χ4n) is 2.14. The van der Waals surface area contributed by atoms with Crippen molar-refractivity contribution in [3.63, 3.8) is 0 Å². The molecule has 0 radical (unpaired) electrons. The molecular formula is C11H16Cl3F3N2S. The molecule has 0 bridgehead atoms. The summed E-state index contributed by atoms with van der Waals surface area (Å²) in [7, 11) is 0. The predicted molar refractivity (Wildman–Crippen MR) is 81.7 cm³/mol. The number of nitrogens with one attached hydrogen (secondary N) is 1. The molecule has 0 saturated carbocycles. The molecule has 0 aromatic carbocycles. The molecule has 1 fully saturated rings. The Hall–Kier alpha value is 0.280. The first kappa shape index (κ1) is 20.3.